The number of anilines is 2. The summed E-state index contributed by atoms with van der Waals surface area (Å²) < 4.78 is 6.09. The molecule has 4 rings (SSSR count). The molecular weight excluding hydrogens is 374 g/mol. The smallest absolute Gasteiger partial charge is 0.281 e. The van der Waals surface area contributed by atoms with Crippen molar-refractivity contribution in [3.63, 3.8) is 0 Å². The molecular formula is C20H23N5O2S. The molecule has 1 aliphatic rings. The maximum absolute atomic E-state index is 13.0. The number of oxazole rings is 1. The maximum atomic E-state index is 13.0. The van der Waals surface area contributed by atoms with Gasteiger partial charge in [0.15, 0.2) is 5.69 Å². The summed E-state index contributed by atoms with van der Waals surface area (Å²) in [7, 11) is 0. The molecule has 28 heavy (non-hydrogen) atoms. The number of benzene rings is 1. The minimum absolute atomic E-state index is 0.297. The molecule has 0 bridgehead atoms. The Labute approximate surface area is 167 Å². The van der Waals surface area contributed by atoms with Gasteiger partial charge in [-0.25, -0.2) is 4.98 Å². The predicted molar refractivity (Wildman–Crippen MR) is 110 cm³/mol. The molecule has 0 unspecified atom stereocenters. The molecule has 3 heterocycles. The summed E-state index contributed by atoms with van der Waals surface area (Å²) >= 11 is 1.38. The molecule has 1 aromatic carbocycles. The first kappa shape index (κ1) is 18.6. The number of amides is 1. The van der Waals surface area contributed by atoms with Crippen LogP contribution in [0, 0.1) is 6.92 Å². The number of nitrogens with zero attached hydrogens (tertiary/aromatic N) is 4. The standard InChI is InChI=1S/C20H23N5O2S/c1-3-15-23-24-20(28-15)22-17(26)16-19(25-11-5-4-6-12-25)27-18(21-16)14-9-7-13(2)8-10-14/h7-10H,3-6,11-12H2,1-2H3,(H,22,24,26). The fourth-order valence-corrected chi connectivity index (χ4v) is 3.87. The SMILES string of the molecule is CCc1nnc(NC(=O)c2nc(-c3ccc(C)cc3)oc2N2CCCCC2)s1. The van der Waals surface area contributed by atoms with E-state index in [0.717, 1.165) is 48.5 Å². The van der Waals surface area contributed by atoms with E-state index in [1.54, 1.807) is 0 Å². The lowest BCUT2D eigenvalue weighted by atomic mass is 10.1. The monoisotopic (exact) mass is 397 g/mol. The number of nitrogens with one attached hydrogen (secondary N) is 1. The number of aromatic nitrogens is 3. The second-order valence-electron chi connectivity index (χ2n) is 6.90. The lowest BCUT2D eigenvalue weighted by Crippen LogP contribution is -2.31. The van der Waals surface area contributed by atoms with E-state index in [2.05, 4.69) is 25.4 Å². The second kappa shape index (κ2) is 8.10. The van der Waals surface area contributed by atoms with Crippen molar-refractivity contribution in [2.45, 2.75) is 39.5 Å². The minimum atomic E-state index is -0.318. The van der Waals surface area contributed by atoms with Gasteiger partial charge in [0, 0.05) is 18.7 Å². The van der Waals surface area contributed by atoms with E-state index in [1.807, 2.05) is 38.1 Å². The molecule has 8 heteroatoms. The van der Waals surface area contributed by atoms with E-state index in [9.17, 15) is 4.79 Å². The Hall–Kier alpha value is -2.74. The highest BCUT2D eigenvalue weighted by Crippen LogP contribution is 2.31. The summed E-state index contributed by atoms with van der Waals surface area (Å²) in [6, 6.07) is 7.93. The number of piperidine rings is 1. The van der Waals surface area contributed by atoms with Crippen LogP contribution < -0.4 is 10.2 Å². The van der Waals surface area contributed by atoms with Gasteiger partial charge in [0.05, 0.1) is 0 Å². The molecule has 1 aliphatic heterocycles. The van der Waals surface area contributed by atoms with Crippen LogP contribution in [0.3, 0.4) is 0 Å². The summed E-state index contributed by atoms with van der Waals surface area (Å²) in [5, 5.41) is 12.3. The number of rotatable bonds is 5. The Kier molecular flexibility index (Phi) is 5.38. The number of carbonyl (C=O) groups excluding carboxylic acids is 1. The second-order valence-corrected chi connectivity index (χ2v) is 7.96. The van der Waals surface area contributed by atoms with E-state index in [1.165, 1.54) is 17.8 Å². The van der Waals surface area contributed by atoms with Gasteiger partial charge in [-0.05, 0) is 44.7 Å². The molecule has 1 amide bonds. The van der Waals surface area contributed by atoms with Crippen molar-refractivity contribution in [1.29, 1.82) is 0 Å². The Morgan fingerprint density at radius 2 is 1.93 bits per heavy atom. The normalized spacial score (nSPS) is 14.3. The van der Waals surface area contributed by atoms with Crippen molar-refractivity contribution >= 4 is 28.3 Å². The topological polar surface area (TPSA) is 84.2 Å². The van der Waals surface area contributed by atoms with Crippen molar-refractivity contribution in [2.75, 3.05) is 23.3 Å². The first-order valence-electron chi connectivity index (χ1n) is 9.60. The minimum Gasteiger partial charge on any atom is -0.420 e. The number of hydrogen-bond acceptors (Lipinski definition) is 7. The highest BCUT2D eigenvalue weighted by molar-refractivity contribution is 7.15. The van der Waals surface area contributed by atoms with Gasteiger partial charge in [0.25, 0.3) is 5.91 Å². The molecule has 0 aliphatic carbocycles. The quantitative estimate of drug-likeness (QED) is 0.691. The molecule has 0 saturated carbocycles. The van der Waals surface area contributed by atoms with Gasteiger partial charge in [-0.2, -0.15) is 0 Å². The van der Waals surface area contributed by atoms with E-state index in [0.29, 0.717) is 22.6 Å². The van der Waals surface area contributed by atoms with Crippen molar-refractivity contribution in [2.24, 2.45) is 0 Å². The lowest BCUT2D eigenvalue weighted by molar-refractivity contribution is 0.102. The van der Waals surface area contributed by atoms with Crippen molar-refractivity contribution < 1.29 is 9.21 Å². The highest BCUT2D eigenvalue weighted by atomic mass is 32.1. The van der Waals surface area contributed by atoms with Crippen LogP contribution in [0.15, 0.2) is 28.7 Å². The van der Waals surface area contributed by atoms with Crippen molar-refractivity contribution in [1.82, 2.24) is 15.2 Å². The third kappa shape index (κ3) is 3.91. The van der Waals surface area contributed by atoms with Crippen LogP contribution in [0.25, 0.3) is 11.5 Å². The van der Waals surface area contributed by atoms with Crippen LogP contribution >= 0.6 is 11.3 Å². The molecule has 0 atom stereocenters. The van der Waals surface area contributed by atoms with Crippen molar-refractivity contribution in [3.05, 3.63) is 40.5 Å². The van der Waals surface area contributed by atoms with Crippen LogP contribution in [0.4, 0.5) is 11.0 Å². The van der Waals surface area contributed by atoms with Crippen molar-refractivity contribution in [3.8, 4) is 11.5 Å². The lowest BCUT2D eigenvalue weighted by Gasteiger charge is -2.26. The Bertz CT molecular complexity index is 957. The third-order valence-electron chi connectivity index (χ3n) is 4.76. The van der Waals surface area contributed by atoms with Crippen LogP contribution in [-0.4, -0.2) is 34.2 Å². The Balaban J connectivity index is 1.66. The maximum Gasteiger partial charge on any atom is 0.281 e. The summed E-state index contributed by atoms with van der Waals surface area (Å²) in [5.41, 5.74) is 2.31. The van der Waals surface area contributed by atoms with Crippen LogP contribution in [0.1, 0.15) is 47.2 Å². The van der Waals surface area contributed by atoms with Gasteiger partial charge < -0.3 is 9.32 Å². The predicted octanol–water partition coefficient (Wildman–Crippen LogP) is 4.31. The molecule has 1 N–H and O–H groups in total. The van der Waals surface area contributed by atoms with Gasteiger partial charge in [0.1, 0.15) is 5.01 Å². The Morgan fingerprint density at radius 3 is 2.61 bits per heavy atom. The van der Waals surface area contributed by atoms with E-state index in [-0.39, 0.29) is 5.91 Å². The van der Waals surface area contributed by atoms with Gasteiger partial charge in [-0.15, -0.1) is 10.2 Å². The number of hydrogen-bond donors (Lipinski definition) is 1. The fraction of sp³-hybridized carbons (Fsp3) is 0.400. The Morgan fingerprint density at radius 1 is 1.18 bits per heavy atom. The zero-order valence-corrected chi connectivity index (χ0v) is 16.9. The largest absolute Gasteiger partial charge is 0.420 e. The highest BCUT2D eigenvalue weighted by Gasteiger charge is 2.27. The van der Waals surface area contributed by atoms with E-state index >= 15 is 0 Å². The molecule has 0 spiro atoms. The first-order chi connectivity index (χ1) is 13.6. The summed E-state index contributed by atoms with van der Waals surface area (Å²) in [6.45, 7) is 5.76. The molecule has 146 valence electrons. The molecule has 1 saturated heterocycles. The molecule has 1 fully saturated rings. The van der Waals surface area contributed by atoms with Gasteiger partial charge >= 0.3 is 0 Å². The third-order valence-corrected chi connectivity index (χ3v) is 5.74. The molecule has 7 nitrogen and oxygen atoms in total. The van der Waals surface area contributed by atoms with Crippen LogP contribution in [0.5, 0.6) is 0 Å². The molecule has 0 radical (unpaired) electrons. The number of carbonyl (C=O) groups is 1. The zero-order valence-electron chi connectivity index (χ0n) is 16.1. The van der Waals surface area contributed by atoms with Gasteiger partial charge in [0.2, 0.25) is 16.9 Å². The van der Waals surface area contributed by atoms with Gasteiger partial charge in [-0.3, -0.25) is 10.1 Å². The summed E-state index contributed by atoms with van der Waals surface area (Å²) in [6.07, 6.45) is 4.14. The average Bonchev–Trinajstić information content (AvgIpc) is 3.36. The number of aryl methyl sites for hydroxylation is 2. The van der Waals surface area contributed by atoms with E-state index < -0.39 is 0 Å². The average molecular weight is 398 g/mol. The summed E-state index contributed by atoms with van der Waals surface area (Å²) in [4.78, 5) is 19.6. The van der Waals surface area contributed by atoms with E-state index in [4.69, 9.17) is 4.42 Å². The zero-order chi connectivity index (χ0) is 19.5. The molecule has 2 aromatic heterocycles. The van der Waals surface area contributed by atoms with Gasteiger partial charge in [-0.1, -0.05) is 36.0 Å². The van der Waals surface area contributed by atoms with Crippen LogP contribution in [-0.2, 0) is 6.42 Å². The fourth-order valence-electron chi connectivity index (χ4n) is 3.19. The summed E-state index contributed by atoms with van der Waals surface area (Å²) in [5.74, 6) is 0.673. The first-order valence-corrected chi connectivity index (χ1v) is 10.4. The van der Waals surface area contributed by atoms with Crippen LogP contribution in [0.2, 0.25) is 0 Å². The molecule has 3 aromatic rings.